The van der Waals surface area contributed by atoms with Crippen LogP contribution in [0.15, 0.2) is 66.3 Å². The van der Waals surface area contributed by atoms with E-state index < -0.39 is 12.6 Å². The minimum absolute atomic E-state index is 0.177. The van der Waals surface area contributed by atoms with Crippen molar-refractivity contribution in [3.05, 3.63) is 83.0 Å². The second kappa shape index (κ2) is 15.3. The van der Waals surface area contributed by atoms with Crippen molar-refractivity contribution in [3.63, 3.8) is 0 Å². The van der Waals surface area contributed by atoms with Crippen LogP contribution in [0.25, 0.3) is 12.2 Å². The summed E-state index contributed by atoms with van der Waals surface area (Å²) in [7, 11) is 0. The molecule has 2 aromatic carbocycles. The summed E-state index contributed by atoms with van der Waals surface area (Å²) in [5.74, 6) is -0.726. The number of ether oxygens (including phenoxy) is 2. The molecule has 0 heterocycles. The van der Waals surface area contributed by atoms with Gasteiger partial charge in [-0.25, -0.2) is 4.79 Å². The zero-order chi connectivity index (χ0) is 25.5. The van der Waals surface area contributed by atoms with Crippen molar-refractivity contribution < 1.29 is 24.2 Å². The fraction of sp³-hybridized carbons (Fsp3) is 0.333. The monoisotopic (exact) mass is 476 g/mol. The molecule has 5 heteroatoms. The molecule has 35 heavy (non-hydrogen) atoms. The number of ketones is 1. The largest absolute Gasteiger partial charge is 0.489 e. The Morgan fingerprint density at radius 2 is 1.63 bits per heavy atom. The summed E-state index contributed by atoms with van der Waals surface area (Å²) in [5, 5.41) is 8.99. The van der Waals surface area contributed by atoms with Crippen molar-refractivity contribution in [1.29, 1.82) is 0 Å². The van der Waals surface area contributed by atoms with Gasteiger partial charge in [0.2, 0.25) is 0 Å². The van der Waals surface area contributed by atoms with Gasteiger partial charge < -0.3 is 14.6 Å². The van der Waals surface area contributed by atoms with Crippen LogP contribution < -0.4 is 9.47 Å². The lowest BCUT2D eigenvalue weighted by Crippen LogP contribution is -2.12. The molecule has 2 aromatic rings. The molecule has 2 rings (SSSR count). The van der Waals surface area contributed by atoms with Gasteiger partial charge in [-0.3, -0.25) is 4.79 Å². The first-order valence-electron chi connectivity index (χ1n) is 12.1. The molecular formula is C30H36O5. The number of allylic oxidation sites excluding steroid dienone is 3. The van der Waals surface area contributed by atoms with Gasteiger partial charge in [-0.2, -0.15) is 0 Å². The third-order valence-electron chi connectivity index (χ3n) is 5.21. The maximum Gasteiger partial charge on any atom is 0.341 e. The van der Waals surface area contributed by atoms with Crippen LogP contribution in [0.5, 0.6) is 11.5 Å². The highest BCUT2D eigenvalue weighted by Crippen LogP contribution is 2.26. The molecule has 0 aliphatic carbocycles. The Bertz CT molecular complexity index is 1040. The van der Waals surface area contributed by atoms with Crippen LogP contribution in [0, 0.1) is 0 Å². The van der Waals surface area contributed by atoms with E-state index in [9.17, 15) is 9.59 Å². The average Bonchev–Trinajstić information content (AvgIpc) is 2.84. The Balaban J connectivity index is 2.05. The molecule has 1 N–H and O–H groups in total. The highest BCUT2D eigenvalue weighted by Gasteiger charge is 2.13. The van der Waals surface area contributed by atoms with Crippen LogP contribution in [-0.2, 0) is 4.79 Å². The van der Waals surface area contributed by atoms with Gasteiger partial charge in [-0.05, 0) is 62.1 Å². The number of carboxylic acids is 1. The number of rotatable bonds is 15. The molecule has 0 radical (unpaired) electrons. The number of carboxylic acid groups (broad SMARTS) is 1. The van der Waals surface area contributed by atoms with E-state index in [2.05, 4.69) is 19.1 Å². The van der Waals surface area contributed by atoms with E-state index in [4.69, 9.17) is 14.6 Å². The fourth-order valence-corrected chi connectivity index (χ4v) is 3.25. The van der Waals surface area contributed by atoms with E-state index in [1.807, 2.05) is 44.2 Å². The minimum atomic E-state index is -1.12. The second-order valence-electron chi connectivity index (χ2n) is 8.55. The molecule has 186 valence electrons. The lowest BCUT2D eigenvalue weighted by molar-refractivity contribution is -0.139. The van der Waals surface area contributed by atoms with Gasteiger partial charge in [0.15, 0.2) is 12.4 Å². The number of hydrogen-bond donors (Lipinski definition) is 1. The van der Waals surface area contributed by atoms with Crippen LogP contribution in [0.1, 0.15) is 74.4 Å². The van der Waals surface area contributed by atoms with Gasteiger partial charge in [-0.15, -0.1) is 0 Å². The standard InChI is InChI=1S/C30H36O5/c1-4-5-6-7-8-9-10-24-11-13-25(14-12-24)15-18-28(31)27-17-16-26(34-20-19-23(2)3)21-29(27)35-22-30(32)33/h9-19,21H,4-8,20,22H2,1-3H3,(H,32,33)/b10-9+,18-15?. The van der Waals surface area contributed by atoms with Crippen LogP contribution in [0.3, 0.4) is 0 Å². The summed E-state index contributed by atoms with van der Waals surface area (Å²) in [6, 6.07) is 12.8. The van der Waals surface area contributed by atoms with Gasteiger partial charge in [0, 0.05) is 6.07 Å². The summed E-state index contributed by atoms with van der Waals surface area (Å²) < 4.78 is 11.0. The number of aliphatic carboxylic acids is 1. The Hall–Kier alpha value is -3.60. The maximum absolute atomic E-state index is 12.8. The summed E-state index contributed by atoms with van der Waals surface area (Å²) in [6.07, 6.45) is 15.6. The van der Waals surface area contributed by atoms with Crippen molar-refractivity contribution in [3.8, 4) is 11.5 Å². The van der Waals surface area contributed by atoms with Crippen LogP contribution in [-0.4, -0.2) is 30.1 Å². The van der Waals surface area contributed by atoms with Gasteiger partial charge in [0.05, 0.1) is 5.56 Å². The molecule has 0 bridgehead atoms. The molecule has 0 fully saturated rings. The van der Waals surface area contributed by atoms with E-state index in [0.717, 1.165) is 23.1 Å². The molecule has 0 atom stereocenters. The Kier molecular flexibility index (Phi) is 12.1. The molecule has 0 spiro atoms. The molecule has 0 unspecified atom stereocenters. The van der Waals surface area contributed by atoms with E-state index in [1.165, 1.54) is 31.8 Å². The topological polar surface area (TPSA) is 72.8 Å². The highest BCUT2D eigenvalue weighted by atomic mass is 16.5. The fourth-order valence-electron chi connectivity index (χ4n) is 3.25. The zero-order valence-electron chi connectivity index (χ0n) is 21.0. The first-order chi connectivity index (χ1) is 16.9. The molecule has 0 saturated heterocycles. The van der Waals surface area contributed by atoms with E-state index >= 15 is 0 Å². The second-order valence-corrected chi connectivity index (χ2v) is 8.55. The Morgan fingerprint density at radius 3 is 2.29 bits per heavy atom. The van der Waals surface area contributed by atoms with Crippen molar-refractivity contribution in [2.24, 2.45) is 0 Å². The van der Waals surface area contributed by atoms with Gasteiger partial charge in [0.25, 0.3) is 0 Å². The molecule has 0 amide bonds. The quantitative estimate of drug-likeness (QED) is 0.126. The lowest BCUT2D eigenvalue weighted by atomic mass is 10.1. The van der Waals surface area contributed by atoms with Crippen molar-refractivity contribution in [2.75, 3.05) is 13.2 Å². The predicted octanol–water partition coefficient (Wildman–Crippen LogP) is 7.37. The zero-order valence-corrected chi connectivity index (χ0v) is 21.0. The molecule has 0 aromatic heterocycles. The van der Waals surface area contributed by atoms with Gasteiger partial charge in [0.1, 0.15) is 18.1 Å². The highest BCUT2D eigenvalue weighted by molar-refractivity contribution is 6.08. The normalized spacial score (nSPS) is 11.1. The number of hydrogen-bond acceptors (Lipinski definition) is 4. The molecule has 5 nitrogen and oxygen atoms in total. The third kappa shape index (κ3) is 10.9. The minimum Gasteiger partial charge on any atom is -0.489 e. The van der Waals surface area contributed by atoms with Crippen LogP contribution >= 0.6 is 0 Å². The molecule has 0 saturated carbocycles. The number of carbonyl (C=O) groups is 2. The number of carbonyl (C=O) groups excluding carboxylic acids is 1. The lowest BCUT2D eigenvalue weighted by Gasteiger charge is -2.11. The van der Waals surface area contributed by atoms with E-state index in [1.54, 1.807) is 24.3 Å². The summed E-state index contributed by atoms with van der Waals surface area (Å²) in [6.45, 7) is 5.98. The maximum atomic E-state index is 12.8. The van der Waals surface area contributed by atoms with Gasteiger partial charge in [-0.1, -0.05) is 74.3 Å². The smallest absolute Gasteiger partial charge is 0.341 e. The first kappa shape index (κ1) is 27.6. The van der Waals surface area contributed by atoms with Crippen molar-refractivity contribution in [1.82, 2.24) is 0 Å². The average molecular weight is 477 g/mol. The summed E-state index contributed by atoms with van der Waals surface area (Å²) in [4.78, 5) is 23.8. The SMILES string of the molecule is CCCCCC/C=C/c1ccc(C=CC(=O)c2ccc(OCC=C(C)C)cc2OCC(=O)O)cc1. The molecular weight excluding hydrogens is 440 g/mol. The van der Waals surface area contributed by atoms with Crippen LogP contribution in [0.4, 0.5) is 0 Å². The van der Waals surface area contributed by atoms with E-state index in [0.29, 0.717) is 12.4 Å². The van der Waals surface area contributed by atoms with E-state index in [-0.39, 0.29) is 17.1 Å². The summed E-state index contributed by atoms with van der Waals surface area (Å²) in [5.41, 5.74) is 3.42. The van der Waals surface area contributed by atoms with Crippen LogP contribution in [0.2, 0.25) is 0 Å². The Labute approximate surface area is 208 Å². The van der Waals surface area contributed by atoms with Gasteiger partial charge >= 0.3 is 5.97 Å². The number of unbranched alkanes of at least 4 members (excludes halogenated alkanes) is 4. The van der Waals surface area contributed by atoms with Crippen molar-refractivity contribution >= 4 is 23.9 Å². The summed E-state index contributed by atoms with van der Waals surface area (Å²) >= 11 is 0. The van der Waals surface area contributed by atoms with Crippen molar-refractivity contribution in [2.45, 2.75) is 52.9 Å². The third-order valence-corrected chi connectivity index (χ3v) is 5.21. The predicted molar refractivity (Wildman–Crippen MR) is 142 cm³/mol. The first-order valence-corrected chi connectivity index (χ1v) is 12.1. The molecule has 0 aliphatic rings. The Morgan fingerprint density at radius 1 is 0.914 bits per heavy atom. The molecule has 0 aliphatic heterocycles. The number of benzene rings is 2.